The molecule has 0 atom stereocenters. The van der Waals surface area contributed by atoms with Gasteiger partial charge in [-0.1, -0.05) is 127 Å². The van der Waals surface area contributed by atoms with Crippen LogP contribution in [0, 0.1) is 0 Å². The molecular weight excluding hydrogens is 671 g/mol. The molecular formula is C51H29N3O. The Bertz CT molecular complexity index is 3490. The fraction of sp³-hybridized carbons (Fsp3) is 0. The molecule has 0 aliphatic carbocycles. The summed E-state index contributed by atoms with van der Waals surface area (Å²) >= 11 is 0. The fourth-order valence-corrected chi connectivity index (χ4v) is 8.94. The van der Waals surface area contributed by atoms with Crippen LogP contribution in [-0.4, -0.2) is 15.0 Å². The third-order valence-corrected chi connectivity index (χ3v) is 11.3. The zero-order chi connectivity index (χ0) is 36.0. The highest BCUT2D eigenvalue weighted by Crippen LogP contribution is 2.47. The minimum atomic E-state index is 0.893. The van der Waals surface area contributed by atoms with Crippen LogP contribution in [0.2, 0.25) is 0 Å². The van der Waals surface area contributed by atoms with E-state index in [-0.39, 0.29) is 0 Å². The number of fused-ring (bicyclic) bond motifs is 12. The van der Waals surface area contributed by atoms with Gasteiger partial charge in [-0.15, -0.1) is 0 Å². The highest BCUT2D eigenvalue weighted by atomic mass is 16.3. The standard InChI is InChI=1S/C51H29N3O/c1-3-15-36-34(13-1)45(35-14-2-4-16-37(35)46(36)42-29-32-11-9-27-52-49(32)50-38(42)18-10-28-53-50)30-21-23-31(24-22-30)48-41-26-25-39-33-12-6-8-20-44(33)55-51(39)47(41)40-17-5-7-19-43(40)54-48/h1-29H. The Kier molecular flexibility index (Phi) is 6.31. The van der Waals surface area contributed by atoms with Crippen LogP contribution in [0.15, 0.2) is 181 Å². The Morgan fingerprint density at radius 2 is 0.982 bits per heavy atom. The van der Waals surface area contributed by atoms with Crippen LogP contribution in [0.1, 0.15) is 0 Å². The Morgan fingerprint density at radius 3 is 1.75 bits per heavy atom. The molecule has 0 aliphatic heterocycles. The van der Waals surface area contributed by atoms with Gasteiger partial charge in [0, 0.05) is 55.7 Å². The molecule has 0 amide bonds. The van der Waals surface area contributed by atoms with Gasteiger partial charge in [0.1, 0.15) is 11.2 Å². The van der Waals surface area contributed by atoms with E-state index in [2.05, 4.69) is 140 Å². The molecule has 8 aromatic carbocycles. The second kappa shape index (κ2) is 11.5. The topological polar surface area (TPSA) is 51.8 Å². The van der Waals surface area contributed by atoms with E-state index in [9.17, 15) is 0 Å². The largest absolute Gasteiger partial charge is 0.455 e. The summed E-state index contributed by atoms with van der Waals surface area (Å²) in [7, 11) is 0. The van der Waals surface area contributed by atoms with Gasteiger partial charge >= 0.3 is 0 Å². The zero-order valence-corrected chi connectivity index (χ0v) is 29.5. The van der Waals surface area contributed by atoms with E-state index in [0.29, 0.717) is 0 Å². The summed E-state index contributed by atoms with van der Waals surface area (Å²) in [4.78, 5) is 14.9. The Labute approximate surface area is 315 Å². The highest BCUT2D eigenvalue weighted by molar-refractivity contribution is 6.26. The quantitative estimate of drug-likeness (QED) is 0.136. The van der Waals surface area contributed by atoms with E-state index < -0.39 is 0 Å². The number of hydrogen-bond acceptors (Lipinski definition) is 4. The lowest BCUT2D eigenvalue weighted by Gasteiger charge is -2.19. The lowest BCUT2D eigenvalue weighted by Crippen LogP contribution is -1.94. The highest BCUT2D eigenvalue weighted by Gasteiger charge is 2.21. The number of pyridine rings is 3. The first-order valence-electron chi connectivity index (χ1n) is 18.6. The van der Waals surface area contributed by atoms with Crippen molar-refractivity contribution in [3.8, 4) is 33.5 Å². The molecule has 0 bridgehead atoms. The third kappa shape index (κ3) is 4.37. The van der Waals surface area contributed by atoms with Crippen molar-refractivity contribution < 1.29 is 4.42 Å². The van der Waals surface area contributed by atoms with Crippen molar-refractivity contribution in [1.82, 2.24) is 15.0 Å². The van der Waals surface area contributed by atoms with Crippen molar-refractivity contribution in [1.29, 1.82) is 0 Å². The molecule has 0 saturated carbocycles. The Hall–Kier alpha value is -7.43. The summed E-state index contributed by atoms with van der Waals surface area (Å²) in [5, 5.41) is 12.5. The van der Waals surface area contributed by atoms with Gasteiger partial charge in [0.05, 0.1) is 22.2 Å². The van der Waals surface area contributed by atoms with Gasteiger partial charge in [0.2, 0.25) is 0 Å². The normalized spacial score (nSPS) is 12.0. The first-order valence-corrected chi connectivity index (χ1v) is 18.6. The molecule has 4 aromatic heterocycles. The second-order valence-corrected chi connectivity index (χ2v) is 14.3. The molecule has 254 valence electrons. The van der Waals surface area contributed by atoms with Gasteiger partial charge in [0.15, 0.2) is 0 Å². The van der Waals surface area contributed by atoms with Crippen LogP contribution in [-0.2, 0) is 0 Å². The monoisotopic (exact) mass is 699 g/mol. The maximum atomic E-state index is 6.58. The van der Waals surface area contributed by atoms with Gasteiger partial charge in [-0.25, -0.2) is 4.98 Å². The van der Waals surface area contributed by atoms with Gasteiger partial charge in [-0.05, 0) is 80.2 Å². The van der Waals surface area contributed by atoms with Gasteiger partial charge in [0.25, 0.3) is 0 Å². The molecule has 0 N–H and O–H groups in total. The number of hydrogen-bond donors (Lipinski definition) is 0. The van der Waals surface area contributed by atoms with Crippen molar-refractivity contribution in [2.45, 2.75) is 0 Å². The first-order chi connectivity index (χ1) is 27.3. The van der Waals surface area contributed by atoms with E-state index in [1.54, 1.807) is 0 Å². The molecule has 0 fully saturated rings. The summed E-state index contributed by atoms with van der Waals surface area (Å²) in [5.74, 6) is 0. The lowest BCUT2D eigenvalue weighted by molar-refractivity contribution is 0.673. The fourth-order valence-electron chi connectivity index (χ4n) is 8.94. The van der Waals surface area contributed by atoms with Crippen LogP contribution in [0.4, 0.5) is 0 Å². The van der Waals surface area contributed by atoms with E-state index in [4.69, 9.17) is 19.4 Å². The molecule has 55 heavy (non-hydrogen) atoms. The van der Waals surface area contributed by atoms with Crippen molar-refractivity contribution in [2.75, 3.05) is 0 Å². The van der Waals surface area contributed by atoms with Crippen molar-refractivity contribution in [3.05, 3.63) is 176 Å². The number of benzene rings is 8. The molecule has 0 radical (unpaired) electrons. The lowest BCUT2D eigenvalue weighted by atomic mass is 9.84. The van der Waals surface area contributed by atoms with Crippen molar-refractivity contribution >= 4 is 87.0 Å². The first kappa shape index (κ1) is 30.1. The predicted octanol–water partition coefficient (Wildman–Crippen LogP) is 13.7. The number of aromatic nitrogens is 3. The molecule has 4 heteroatoms. The van der Waals surface area contributed by atoms with Gasteiger partial charge < -0.3 is 4.42 Å². The molecule has 12 aromatic rings. The van der Waals surface area contributed by atoms with Gasteiger partial charge in [-0.3, -0.25) is 9.97 Å². The van der Waals surface area contributed by atoms with E-state index in [0.717, 1.165) is 87.8 Å². The number of para-hydroxylation sites is 2. The van der Waals surface area contributed by atoms with Crippen LogP contribution in [0.5, 0.6) is 0 Å². The maximum absolute atomic E-state index is 6.58. The molecule has 0 spiro atoms. The summed E-state index contributed by atoms with van der Waals surface area (Å²) in [6.07, 6.45) is 3.71. The zero-order valence-electron chi connectivity index (χ0n) is 29.5. The third-order valence-electron chi connectivity index (χ3n) is 11.3. The molecule has 0 aliphatic rings. The van der Waals surface area contributed by atoms with E-state index >= 15 is 0 Å². The Balaban J connectivity index is 1.09. The molecule has 4 heterocycles. The predicted molar refractivity (Wildman–Crippen MR) is 228 cm³/mol. The summed E-state index contributed by atoms with van der Waals surface area (Å²) in [5.41, 5.74) is 11.3. The van der Waals surface area contributed by atoms with Crippen LogP contribution >= 0.6 is 0 Å². The summed E-state index contributed by atoms with van der Waals surface area (Å²) in [6.45, 7) is 0. The number of rotatable bonds is 3. The van der Waals surface area contributed by atoms with Crippen molar-refractivity contribution in [3.63, 3.8) is 0 Å². The maximum Gasteiger partial charge on any atom is 0.144 e. The Morgan fingerprint density at radius 1 is 0.400 bits per heavy atom. The second-order valence-electron chi connectivity index (χ2n) is 14.3. The molecule has 0 saturated heterocycles. The average Bonchev–Trinajstić information content (AvgIpc) is 3.64. The summed E-state index contributed by atoms with van der Waals surface area (Å²) < 4.78 is 6.58. The van der Waals surface area contributed by atoms with Crippen molar-refractivity contribution in [2.24, 2.45) is 0 Å². The van der Waals surface area contributed by atoms with E-state index in [1.807, 2.05) is 36.7 Å². The smallest absolute Gasteiger partial charge is 0.144 e. The molecule has 12 rings (SSSR count). The minimum Gasteiger partial charge on any atom is -0.455 e. The summed E-state index contributed by atoms with van der Waals surface area (Å²) in [6, 6.07) is 58.2. The number of nitrogens with zero attached hydrogens (tertiary/aromatic N) is 3. The van der Waals surface area contributed by atoms with Crippen LogP contribution < -0.4 is 0 Å². The molecule has 0 unspecified atom stereocenters. The SMILES string of the molecule is c1cnc2c(c1)cc(-c1c3ccccc3c(-c3ccc(-c4nc5ccccc5c5c4ccc4c6ccccc6oc45)cc3)c3ccccc13)c1cccnc12. The van der Waals surface area contributed by atoms with Gasteiger partial charge in [-0.2, -0.15) is 0 Å². The number of furan rings is 1. The minimum absolute atomic E-state index is 0.893. The van der Waals surface area contributed by atoms with E-state index in [1.165, 1.54) is 32.7 Å². The van der Waals surface area contributed by atoms with Crippen LogP contribution in [0.3, 0.4) is 0 Å². The molecule has 4 nitrogen and oxygen atoms in total. The van der Waals surface area contributed by atoms with Crippen LogP contribution in [0.25, 0.3) is 120 Å². The average molecular weight is 700 g/mol.